The first kappa shape index (κ1) is 38.8. The minimum Gasteiger partial charge on any atom is -0.449 e. The van der Waals surface area contributed by atoms with E-state index in [0.29, 0.717) is 25.9 Å². The van der Waals surface area contributed by atoms with Gasteiger partial charge >= 0.3 is 12.2 Å². The van der Waals surface area contributed by atoms with Gasteiger partial charge in [-0.2, -0.15) is 0 Å². The van der Waals surface area contributed by atoms with Crippen LogP contribution in [-0.2, 0) is 43.1 Å². The van der Waals surface area contributed by atoms with Crippen molar-refractivity contribution in [3.63, 3.8) is 0 Å². The molecular formula is C40H55N4O8P. The SMILES string of the molecule is CC[C@H]1C[C@]1(NC(=O)[C@@H]1C[C@@H]2CN1C(=O)[C@H](C(C)(C)C)NC(=O)OCC(C)(C)CCCCc1cccc3c1CN(C3)C(=O)O2)P(=O)(O)c1ccccc1. The number of alkyl carbamates (subject to hydrolysis) is 1. The van der Waals surface area contributed by atoms with Crippen molar-refractivity contribution >= 4 is 36.7 Å². The van der Waals surface area contributed by atoms with E-state index in [1.807, 2.05) is 39.8 Å². The van der Waals surface area contributed by atoms with E-state index in [0.717, 1.165) is 36.8 Å². The normalized spacial score (nSPS) is 29.0. The van der Waals surface area contributed by atoms with E-state index >= 15 is 0 Å². The molecule has 0 aromatic heterocycles. The minimum atomic E-state index is -4.12. The lowest BCUT2D eigenvalue weighted by Gasteiger charge is -2.36. The van der Waals surface area contributed by atoms with E-state index in [9.17, 15) is 28.6 Å². The summed E-state index contributed by atoms with van der Waals surface area (Å²) in [6.07, 6.45) is 2.30. The van der Waals surface area contributed by atoms with Gasteiger partial charge in [-0.25, -0.2) is 9.59 Å². The number of hydrogen-bond donors (Lipinski definition) is 3. The van der Waals surface area contributed by atoms with Crippen LogP contribution in [0.25, 0.3) is 0 Å². The van der Waals surface area contributed by atoms with E-state index in [-0.39, 0.29) is 36.2 Å². The lowest BCUT2D eigenvalue weighted by molar-refractivity contribution is -0.142. The molecule has 12 nitrogen and oxygen atoms in total. The molecule has 3 aliphatic heterocycles. The molecule has 4 amide bonds. The van der Waals surface area contributed by atoms with Crippen molar-refractivity contribution in [1.82, 2.24) is 20.4 Å². The number of nitrogens with one attached hydrogen (secondary N) is 2. The maximum Gasteiger partial charge on any atom is 0.410 e. The summed E-state index contributed by atoms with van der Waals surface area (Å²) in [5.74, 6) is -1.39. The third-order valence-electron chi connectivity index (χ3n) is 11.5. The first-order valence-corrected chi connectivity index (χ1v) is 20.6. The second kappa shape index (κ2) is 14.7. The third-order valence-corrected chi connectivity index (χ3v) is 14.3. The molecule has 53 heavy (non-hydrogen) atoms. The molecule has 1 unspecified atom stereocenters. The highest BCUT2D eigenvalue weighted by Gasteiger charge is 2.66. The van der Waals surface area contributed by atoms with Gasteiger partial charge in [0, 0.05) is 24.8 Å². The predicted octanol–water partition coefficient (Wildman–Crippen LogP) is 5.84. The van der Waals surface area contributed by atoms with Crippen LogP contribution in [0.5, 0.6) is 0 Å². The molecule has 2 aromatic rings. The van der Waals surface area contributed by atoms with Gasteiger partial charge < -0.3 is 29.9 Å². The average molecular weight is 751 g/mol. The van der Waals surface area contributed by atoms with Crippen molar-refractivity contribution in [2.75, 3.05) is 13.2 Å². The molecule has 6 rings (SSSR count). The quantitative estimate of drug-likeness (QED) is 0.322. The molecule has 6 atom stereocenters. The third kappa shape index (κ3) is 8.00. The van der Waals surface area contributed by atoms with E-state index < -0.39 is 60.3 Å². The Hall–Kier alpha value is -3.89. The van der Waals surface area contributed by atoms with Gasteiger partial charge in [0.2, 0.25) is 11.8 Å². The second-order valence-electron chi connectivity index (χ2n) is 17.2. The Balaban J connectivity index is 1.31. The van der Waals surface area contributed by atoms with E-state index in [4.69, 9.17) is 9.47 Å². The van der Waals surface area contributed by atoms with E-state index in [1.165, 1.54) is 10.5 Å². The number of fused-ring (bicyclic) bond motifs is 3. The predicted molar refractivity (Wildman–Crippen MR) is 200 cm³/mol. The highest BCUT2D eigenvalue weighted by molar-refractivity contribution is 7.68. The van der Waals surface area contributed by atoms with Crippen LogP contribution >= 0.6 is 7.37 Å². The highest BCUT2D eigenvalue weighted by atomic mass is 31.2. The monoisotopic (exact) mass is 750 g/mol. The minimum absolute atomic E-state index is 0.0151. The topological polar surface area (TPSA) is 155 Å². The van der Waals surface area contributed by atoms with Crippen LogP contribution in [0.15, 0.2) is 48.5 Å². The fourth-order valence-electron chi connectivity index (χ4n) is 8.23. The zero-order valence-electron chi connectivity index (χ0n) is 31.9. The zero-order chi connectivity index (χ0) is 38.3. The van der Waals surface area contributed by atoms with Crippen molar-refractivity contribution in [1.29, 1.82) is 0 Å². The summed E-state index contributed by atoms with van der Waals surface area (Å²) in [5.41, 5.74) is 2.30. The molecule has 1 aliphatic carbocycles. The fourth-order valence-corrected chi connectivity index (χ4v) is 10.7. The summed E-state index contributed by atoms with van der Waals surface area (Å²) < 4.78 is 25.9. The number of carbonyl (C=O) groups excluding carboxylic acids is 4. The molecule has 0 spiro atoms. The number of benzene rings is 2. The molecule has 288 valence electrons. The molecular weight excluding hydrogens is 695 g/mol. The summed E-state index contributed by atoms with van der Waals surface area (Å²) in [6.45, 7) is 12.3. The summed E-state index contributed by atoms with van der Waals surface area (Å²) >= 11 is 0. The number of carbonyl (C=O) groups is 4. The van der Waals surface area contributed by atoms with Gasteiger partial charge in [0.25, 0.3) is 7.37 Å². The largest absolute Gasteiger partial charge is 0.449 e. The van der Waals surface area contributed by atoms with Crippen LogP contribution in [0, 0.1) is 16.7 Å². The molecule has 4 aliphatic rings. The molecule has 1 saturated carbocycles. The number of aryl methyl sites for hydroxylation is 1. The molecule has 3 heterocycles. The van der Waals surface area contributed by atoms with Crippen molar-refractivity contribution in [2.24, 2.45) is 16.7 Å². The van der Waals surface area contributed by atoms with Crippen molar-refractivity contribution in [2.45, 2.75) is 123 Å². The molecule has 13 heteroatoms. The Morgan fingerprint density at radius 1 is 1.04 bits per heavy atom. The maximum absolute atomic E-state index is 14.6. The summed E-state index contributed by atoms with van der Waals surface area (Å²) in [6, 6.07) is 12.2. The Morgan fingerprint density at radius 2 is 1.75 bits per heavy atom. The van der Waals surface area contributed by atoms with Gasteiger partial charge in [0.15, 0.2) is 0 Å². The number of amides is 4. The Morgan fingerprint density at radius 3 is 2.43 bits per heavy atom. The van der Waals surface area contributed by atoms with Crippen LogP contribution in [0.2, 0.25) is 0 Å². The smallest absolute Gasteiger partial charge is 0.410 e. The molecule has 1 saturated heterocycles. The van der Waals surface area contributed by atoms with E-state index in [2.05, 4.69) is 30.5 Å². The average Bonchev–Trinajstić information content (AvgIpc) is 3.42. The number of nitrogens with zero attached hydrogens (tertiary/aromatic N) is 2. The first-order chi connectivity index (χ1) is 25.0. The lowest BCUT2D eigenvalue weighted by atomic mass is 9.85. The fraction of sp³-hybridized carbons (Fsp3) is 0.600. The van der Waals surface area contributed by atoms with Gasteiger partial charge in [-0.3, -0.25) is 19.1 Å². The first-order valence-electron chi connectivity index (χ1n) is 19.0. The van der Waals surface area contributed by atoms with Crippen LogP contribution in [-0.4, -0.2) is 75.3 Å². The zero-order valence-corrected chi connectivity index (χ0v) is 32.7. The van der Waals surface area contributed by atoms with Gasteiger partial charge in [-0.05, 0) is 71.3 Å². The maximum atomic E-state index is 14.6. The Labute approximate surface area is 312 Å². The van der Waals surface area contributed by atoms with Gasteiger partial charge in [0.05, 0.1) is 13.2 Å². The van der Waals surface area contributed by atoms with Crippen molar-refractivity contribution in [3.8, 4) is 0 Å². The van der Waals surface area contributed by atoms with Crippen molar-refractivity contribution in [3.05, 3.63) is 65.2 Å². The molecule has 4 bridgehead atoms. The molecule has 3 N–H and O–H groups in total. The van der Waals surface area contributed by atoms with Crippen LogP contribution in [0.1, 0.15) is 96.8 Å². The molecule has 0 radical (unpaired) electrons. The number of hydrogen-bond acceptors (Lipinski definition) is 7. The highest BCUT2D eigenvalue weighted by Crippen LogP contribution is 2.69. The van der Waals surface area contributed by atoms with Crippen LogP contribution in [0.4, 0.5) is 9.59 Å². The van der Waals surface area contributed by atoms with Gasteiger partial charge in [-0.15, -0.1) is 0 Å². The van der Waals surface area contributed by atoms with Gasteiger partial charge in [0.1, 0.15) is 23.5 Å². The van der Waals surface area contributed by atoms with E-state index in [1.54, 1.807) is 35.2 Å². The van der Waals surface area contributed by atoms with Crippen molar-refractivity contribution < 1.29 is 38.1 Å². The van der Waals surface area contributed by atoms with Crippen LogP contribution in [0.3, 0.4) is 0 Å². The Bertz CT molecular complexity index is 1780. The number of cyclic esters (lactones) is 1. The number of rotatable bonds is 5. The standard InChI is InChI=1S/C40H55N4O8P/c1-7-28-21-40(28,53(49,50)30-17-9-8-10-18-30)42-34(45)32-20-29-23-44(32)35(46)33(38(2,3)4)41-36(47)51-25-39(5,6)19-12-11-14-26-15-13-16-27-22-43(24-31(26)27)37(48)52-29/h8-10,13,15-18,28-29,32-33H,7,11-12,14,19-25H2,1-6H3,(H,41,47)(H,42,45)(H,49,50)/t28-,29+,32-,33+,40-/m0/s1. The summed E-state index contributed by atoms with van der Waals surface area (Å²) in [4.78, 5) is 70.6. The Kier molecular flexibility index (Phi) is 10.8. The lowest BCUT2D eigenvalue weighted by Crippen LogP contribution is -2.58. The molecule has 2 aromatic carbocycles. The molecule has 2 fully saturated rings. The van der Waals surface area contributed by atoms with Gasteiger partial charge in [-0.1, -0.05) is 90.8 Å². The van der Waals surface area contributed by atoms with Crippen LogP contribution < -0.4 is 15.9 Å². The summed E-state index contributed by atoms with van der Waals surface area (Å²) in [7, 11) is -4.12. The summed E-state index contributed by atoms with van der Waals surface area (Å²) in [5, 5.41) is 4.57. The second-order valence-corrected chi connectivity index (χ2v) is 19.7. The number of ether oxygens (including phenoxy) is 2.